The molecule has 0 saturated heterocycles. The number of hydrogen-bond donors (Lipinski definition) is 1. The van der Waals surface area contributed by atoms with Crippen molar-refractivity contribution in [1.29, 1.82) is 0 Å². The highest BCUT2D eigenvalue weighted by atomic mass is 32.1. The minimum absolute atomic E-state index is 0.0559. The molecular formula is C16H15N3O3S. The number of imidazole rings is 1. The van der Waals surface area contributed by atoms with Gasteiger partial charge in [0.15, 0.2) is 11.6 Å². The summed E-state index contributed by atoms with van der Waals surface area (Å²) < 4.78 is 6.82. The first-order chi connectivity index (χ1) is 11.2. The van der Waals surface area contributed by atoms with Crippen LogP contribution < -0.4 is 5.32 Å². The van der Waals surface area contributed by atoms with Crippen molar-refractivity contribution in [1.82, 2.24) is 14.7 Å². The number of hydrogen-bond acceptors (Lipinski definition) is 5. The zero-order valence-electron chi connectivity index (χ0n) is 12.3. The molecule has 3 aromatic rings. The number of aromatic nitrogens is 2. The molecule has 2 heterocycles. The third-order valence-electron chi connectivity index (χ3n) is 3.17. The number of carbonyl (C=O) groups excluding carboxylic acids is 2. The van der Waals surface area contributed by atoms with Crippen LogP contribution in [-0.4, -0.2) is 27.9 Å². The first kappa shape index (κ1) is 15.2. The molecule has 1 aromatic carbocycles. The summed E-state index contributed by atoms with van der Waals surface area (Å²) in [5, 5.41) is 4.62. The molecule has 0 unspecified atom stereocenters. The van der Waals surface area contributed by atoms with E-state index in [0.717, 1.165) is 10.5 Å². The van der Waals surface area contributed by atoms with E-state index < -0.39 is 5.97 Å². The first-order valence-corrected chi connectivity index (χ1v) is 7.96. The Morgan fingerprint density at radius 2 is 2.09 bits per heavy atom. The third-order valence-corrected chi connectivity index (χ3v) is 3.94. The van der Waals surface area contributed by atoms with Gasteiger partial charge in [-0.05, 0) is 5.56 Å². The fourth-order valence-electron chi connectivity index (χ4n) is 2.05. The highest BCUT2D eigenvalue weighted by Gasteiger charge is 2.11. The van der Waals surface area contributed by atoms with E-state index in [-0.39, 0.29) is 18.9 Å². The molecular weight excluding hydrogens is 314 g/mol. The summed E-state index contributed by atoms with van der Waals surface area (Å²) in [6.45, 7) is 0.127. The molecule has 0 aliphatic rings. The van der Waals surface area contributed by atoms with Crippen LogP contribution in [0.1, 0.15) is 11.3 Å². The number of rotatable bonds is 6. The number of nitrogens with zero attached hydrogens (tertiary/aromatic N) is 2. The van der Waals surface area contributed by atoms with E-state index in [9.17, 15) is 9.59 Å². The van der Waals surface area contributed by atoms with Gasteiger partial charge in [0.25, 0.3) is 5.91 Å². The molecule has 0 spiro atoms. The lowest BCUT2D eigenvalue weighted by Crippen LogP contribution is -2.28. The van der Waals surface area contributed by atoms with Gasteiger partial charge in [-0.25, -0.2) is 4.98 Å². The highest BCUT2D eigenvalue weighted by molar-refractivity contribution is 7.15. The summed E-state index contributed by atoms with van der Waals surface area (Å²) >= 11 is 1.49. The van der Waals surface area contributed by atoms with Crippen LogP contribution in [0.5, 0.6) is 0 Å². The van der Waals surface area contributed by atoms with E-state index in [1.165, 1.54) is 11.3 Å². The Labute approximate surface area is 136 Å². The predicted molar refractivity (Wildman–Crippen MR) is 86.0 cm³/mol. The maximum Gasteiger partial charge on any atom is 0.312 e. The van der Waals surface area contributed by atoms with E-state index in [0.29, 0.717) is 12.2 Å². The zero-order valence-corrected chi connectivity index (χ0v) is 13.1. The van der Waals surface area contributed by atoms with Crippen LogP contribution >= 0.6 is 11.3 Å². The SMILES string of the molecule is O=C(COC(=O)Cc1cn2ccsc2n1)NCc1ccccc1. The third kappa shape index (κ3) is 4.17. The van der Waals surface area contributed by atoms with Crippen LogP contribution in [0.2, 0.25) is 0 Å². The fourth-order valence-corrected chi connectivity index (χ4v) is 2.77. The summed E-state index contributed by atoms with van der Waals surface area (Å²) in [6.07, 6.45) is 3.71. The van der Waals surface area contributed by atoms with Gasteiger partial charge in [-0.2, -0.15) is 0 Å². The van der Waals surface area contributed by atoms with Gasteiger partial charge in [-0.1, -0.05) is 30.3 Å². The minimum atomic E-state index is -0.467. The number of carbonyl (C=O) groups is 2. The molecule has 0 radical (unpaired) electrons. The Hall–Kier alpha value is -2.67. The van der Waals surface area contributed by atoms with Gasteiger partial charge in [-0.15, -0.1) is 11.3 Å². The van der Waals surface area contributed by atoms with Crippen molar-refractivity contribution in [3.05, 3.63) is 59.4 Å². The van der Waals surface area contributed by atoms with Crippen LogP contribution in [0, 0.1) is 0 Å². The monoisotopic (exact) mass is 329 g/mol. The first-order valence-electron chi connectivity index (χ1n) is 7.08. The molecule has 23 heavy (non-hydrogen) atoms. The molecule has 0 fully saturated rings. The van der Waals surface area contributed by atoms with Crippen LogP contribution in [0.25, 0.3) is 4.96 Å². The number of fused-ring (bicyclic) bond motifs is 1. The van der Waals surface area contributed by atoms with E-state index in [2.05, 4.69) is 10.3 Å². The lowest BCUT2D eigenvalue weighted by atomic mass is 10.2. The van der Waals surface area contributed by atoms with Gasteiger partial charge in [0.05, 0.1) is 12.1 Å². The van der Waals surface area contributed by atoms with Crippen LogP contribution in [-0.2, 0) is 27.3 Å². The molecule has 3 rings (SSSR count). The van der Waals surface area contributed by atoms with E-state index in [4.69, 9.17) is 4.74 Å². The quantitative estimate of drug-likeness (QED) is 0.700. The van der Waals surface area contributed by atoms with Gasteiger partial charge in [0.1, 0.15) is 0 Å². The van der Waals surface area contributed by atoms with Gasteiger partial charge in [0.2, 0.25) is 0 Å². The molecule has 6 nitrogen and oxygen atoms in total. The smallest absolute Gasteiger partial charge is 0.312 e. The van der Waals surface area contributed by atoms with Crippen molar-refractivity contribution in [2.45, 2.75) is 13.0 Å². The average molecular weight is 329 g/mol. The van der Waals surface area contributed by atoms with E-state index in [1.807, 2.05) is 46.3 Å². The van der Waals surface area contributed by atoms with Crippen molar-refractivity contribution in [3.8, 4) is 0 Å². The van der Waals surface area contributed by atoms with Gasteiger partial charge in [0, 0.05) is 24.3 Å². The molecule has 0 atom stereocenters. The Morgan fingerprint density at radius 1 is 1.26 bits per heavy atom. The molecule has 1 amide bonds. The van der Waals surface area contributed by atoms with Crippen LogP contribution in [0.4, 0.5) is 0 Å². The van der Waals surface area contributed by atoms with Crippen LogP contribution in [0.3, 0.4) is 0 Å². The lowest BCUT2D eigenvalue weighted by Gasteiger charge is -2.06. The molecule has 118 valence electrons. The number of nitrogens with one attached hydrogen (secondary N) is 1. The number of esters is 1. The summed E-state index contributed by atoms with van der Waals surface area (Å²) in [4.78, 5) is 28.5. The normalized spacial score (nSPS) is 10.6. The second-order valence-corrected chi connectivity index (χ2v) is 5.80. The molecule has 0 saturated carbocycles. The summed E-state index contributed by atoms with van der Waals surface area (Å²) in [5.74, 6) is -0.793. The molecule has 0 bridgehead atoms. The van der Waals surface area contributed by atoms with E-state index >= 15 is 0 Å². The molecule has 7 heteroatoms. The molecule has 2 aromatic heterocycles. The van der Waals surface area contributed by atoms with E-state index in [1.54, 1.807) is 6.20 Å². The average Bonchev–Trinajstić information content (AvgIpc) is 3.13. The standard InChI is InChI=1S/C16H15N3O3S/c20-14(17-9-12-4-2-1-3-5-12)11-22-15(21)8-13-10-19-6-7-23-16(19)18-13/h1-7,10H,8-9,11H2,(H,17,20). The van der Waals surface area contributed by atoms with Crippen LogP contribution in [0.15, 0.2) is 48.1 Å². The van der Waals surface area contributed by atoms with Crippen molar-refractivity contribution in [3.63, 3.8) is 0 Å². The number of ether oxygens (including phenoxy) is 1. The maximum atomic E-state index is 11.7. The molecule has 1 N–H and O–H groups in total. The Balaban J connectivity index is 1.41. The number of amides is 1. The largest absolute Gasteiger partial charge is 0.455 e. The topological polar surface area (TPSA) is 72.7 Å². The summed E-state index contributed by atoms with van der Waals surface area (Å²) in [5.41, 5.74) is 1.62. The van der Waals surface area contributed by atoms with Gasteiger partial charge in [-0.3, -0.25) is 14.0 Å². The predicted octanol–water partition coefficient (Wildman–Crippen LogP) is 1.80. The van der Waals surface area contributed by atoms with Crippen molar-refractivity contribution in [2.75, 3.05) is 6.61 Å². The Morgan fingerprint density at radius 3 is 2.87 bits per heavy atom. The second-order valence-electron chi connectivity index (χ2n) is 4.92. The molecule has 0 aliphatic heterocycles. The summed E-state index contributed by atoms with van der Waals surface area (Å²) in [7, 11) is 0. The second kappa shape index (κ2) is 7.06. The molecule has 0 aliphatic carbocycles. The van der Waals surface area contributed by atoms with Gasteiger partial charge < -0.3 is 10.1 Å². The van der Waals surface area contributed by atoms with Gasteiger partial charge >= 0.3 is 5.97 Å². The Bertz CT molecular complexity index is 782. The Kier molecular flexibility index (Phi) is 4.68. The van der Waals surface area contributed by atoms with Crippen molar-refractivity contribution < 1.29 is 14.3 Å². The fraction of sp³-hybridized carbons (Fsp3) is 0.188. The minimum Gasteiger partial charge on any atom is -0.455 e. The lowest BCUT2D eigenvalue weighted by molar-refractivity contribution is -0.147. The van der Waals surface area contributed by atoms with Crippen molar-refractivity contribution >= 4 is 28.2 Å². The highest BCUT2D eigenvalue weighted by Crippen LogP contribution is 2.11. The number of thiazole rings is 1. The number of benzene rings is 1. The van der Waals surface area contributed by atoms with Crippen molar-refractivity contribution in [2.24, 2.45) is 0 Å². The summed E-state index contributed by atoms with van der Waals surface area (Å²) in [6, 6.07) is 9.54. The zero-order chi connectivity index (χ0) is 16.1. The maximum absolute atomic E-state index is 11.7.